The van der Waals surface area contributed by atoms with Crippen molar-refractivity contribution in [2.45, 2.75) is 115 Å². The number of carbonyl (C=O) groups excluding carboxylic acids is 1. The summed E-state index contributed by atoms with van der Waals surface area (Å²) < 4.78 is 6.11. The van der Waals surface area contributed by atoms with E-state index in [0.29, 0.717) is 30.2 Å². The van der Waals surface area contributed by atoms with Gasteiger partial charge in [0.05, 0.1) is 11.8 Å². The van der Waals surface area contributed by atoms with E-state index >= 15 is 0 Å². The number of terminal acetylenes is 1. The van der Waals surface area contributed by atoms with Crippen LogP contribution in [0.4, 0.5) is 0 Å². The first-order valence-electron chi connectivity index (χ1n) is 17.6. The Morgan fingerprint density at radius 3 is 2.64 bits per heavy atom. The number of carbonyl (C=O) groups is 1. The number of benzene rings is 1. The molecule has 0 radical (unpaired) electrons. The smallest absolute Gasteiger partial charge is 0.260 e. The fourth-order valence-electron chi connectivity index (χ4n) is 10.4. The van der Waals surface area contributed by atoms with Crippen molar-refractivity contribution in [3.8, 4) is 12.3 Å². The highest BCUT2D eigenvalue weighted by Gasteiger charge is 2.63. The van der Waals surface area contributed by atoms with Gasteiger partial charge in [0.15, 0.2) is 6.61 Å². The Morgan fingerprint density at radius 2 is 1.89 bits per heavy atom. The molecule has 1 aromatic carbocycles. The van der Waals surface area contributed by atoms with Crippen LogP contribution in [0.15, 0.2) is 47.1 Å². The maximum Gasteiger partial charge on any atom is 0.260 e. The molecule has 1 aromatic rings. The van der Waals surface area contributed by atoms with Gasteiger partial charge in [0, 0.05) is 24.0 Å². The van der Waals surface area contributed by atoms with Gasteiger partial charge >= 0.3 is 0 Å². The summed E-state index contributed by atoms with van der Waals surface area (Å²) in [4.78, 5) is 18.4. The van der Waals surface area contributed by atoms with Gasteiger partial charge in [-0.2, -0.15) is 0 Å². The third kappa shape index (κ3) is 5.78. The molecule has 8 atom stereocenters. The predicted octanol–water partition coefficient (Wildman–Crippen LogP) is 6.97. The summed E-state index contributed by atoms with van der Waals surface area (Å²) in [6.07, 6.45) is 19.2. The largest absolute Gasteiger partial charge is 0.385 e. The Labute approximate surface area is 270 Å². The number of oxime groups is 1. The third-order valence-corrected chi connectivity index (χ3v) is 13.3. The first-order chi connectivity index (χ1) is 21.5. The zero-order valence-corrected chi connectivity index (χ0v) is 27.9. The highest BCUT2D eigenvalue weighted by atomic mass is 16.6. The number of nitrogens with one attached hydrogen (secondary N) is 1. The molecule has 5 aliphatic rings. The van der Waals surface area contributed by atoms with E-state index in [1.807, 2.05) is 0 Å². The topological polar surface area (TPSA) is 80.2 Å². The van der Waals surface area contributed by atoms with E-state index in [0.717, 1.165) is 82.9 Å². The molecule has 0 spiro atoms. The van der Waals surface area contributed by atoms with Crippen LogP contribution in [0.5, 0.6) is 0 Å². The van der Waals surface area contributed by atoms with Gasteiger partial charge in [0.2, 0.25) is 0 Å². The summed E-state index contributed by atoms with van der Waals surface area (Å²) in [7, 11) is 0. The van der Waals surface area contributed by atoms with E-state index in [4.69, 9.17) is 16.0 Å². The van der Waals surface area contributed by atoms with Crippen molar-refractivity contribution in [2.24, 2.45) is 39.7 Å². The molecule has 4 fully saturated rings. The molecular formula is C39H54N2O4. The molecular weight excluding hydrogens is 560 g/mol. The number of fused-ring (bicyclic) bond motifs is 5. The summed E-state index contributed by atoms with van der Waals surface area (Å²) in [5, 5.41) is 18.8. The Kier molecular flexibility index (Phi) is 9.00. The lowest BCUT2D eigenvalue weighted by Crippen LogP contribution is -2.54. The van der Waals surface area contributed by atoms with E-state index in [1.54, 1.807) is 0 Å². The van der Waals surface area contributed by atoms with E-state index in [9.17, 15) is 9.90 Å². The molecule has 1 amide bonds. The summed E-state index contributed by atoms with van der Waals surface area (Å²) in [5.41, 5.74) is 2.80. The summed E-state index contributed by atoms with van der Waals surface area (Å²) in [5.74, 6) is 4.86. The number of hydrogen-bond acceptors (Lipinski definition) is 5. The second kappa shape index (κ2) is 12.5. The number of amides is 1. The summed E-state index contributed by atoms with van der Waals surface area (Å²) in [6, 6.07) is 10.7. The Bertz CT molecular complexity index is 1350. The van der Waals surface area contributed by atoms with Gasteiger partial charge in [-0.1, -0.05) is 74.7 Å². The molecule has 1 heterocycles. The molecule has 0 aromatic heterocycles. The lowest BCUT2D eigenvalue weighted by atomic mass is 9.46. The monoisotopic (exact) mass is 614 g/mol. The van der Waals surface area contributed by atoms with Crippen molar-refractivity contribution in [2.75, 3.05) is 19.8 Å². The highest BCUT2D eigenvalue weighted by Crippen LogP contribution is 2.67. The second-order valence-corrected chi connectivity index (χ2v) is 15.7. The van der Waals surface area contributed by atoms with E-state index in [2.05, 4.69) is 80.5 Å². The molecule has 3 saturated carbocycles. The van der Waals surface area contributed by atoms with Crippen molar-refractivity contribution in [1.29, 1.82) is 0 Å². The molecule has 244 valence electrons. The molecule has 45 heavy (non-hydrogen) atoms. The number of ether oxygens (including phenoxy) is 1. The van der Waals surface area contributed by atoms with Gasteiger partial charge in [-0.05, 0) is 111 Å². The van der Waals surface area contributed by atoms with Crippen LogP contribution < -0.4 is 5.32 Å². The number of allylic oxidation sites excluding steroid dienone is 2. The maximum atomic E-state index is 12.8. The van der Waals surface area contributed by atoms with Crippen LogP contribution in [0.2, 0.25) is 0 Å². The van der Waals surface area contributed by atoms with Gasteiger partial charge in [-0.15, -0.1) is 6.42 Å². The minimum atomic E-state index is -0.958. The van der Waals surface area contributed by atoms with Crippen LogP contribution in [0.1, 0.15) is 104 Å². The quantitative estimate of drug-likeness (QED) is 0.245. The fourth-order valence-corrected chi connectivity index (χ4v) is 10.4. The molecule has 6 nitrogen and oxygen atoms in total. The van der Waals surface area contributed by atoms with Crippen molar-refractivity contribution >= 4 is 11.6 Å². The molecule has 0 bridgehead atoms. The van der Waals surface area contributed by atoms with Crippen LogP contribution in [0.3, 0.4) is 0 Å². The average molecular weight is 615 g/mol. The zero-order valence-electron chi connectivity index (χ0n) is 27.9. The summed E-state index contributed by atoms with van der Waals surface area (Å²) in [6.45, 7) is 10.4. The number of aliphatic hydroxyl groups is 1. The van der Waals surface area contributed by atoms with Gasteiger partial charge in [-0.25, -0.2) is 0 Å². The van der Waals surface area contributed by atoms with E-state index < -0.39 is 5.60 Å². The molecule has 4 aliphatic carbocycles. The Morgan fingerprint density at radius 1 is 1.11 bits per heavy atom. The van der Waals surface area contributed by atoms with Crippen molar-refractivity contribution in [1.82, 2.24) is 5.32 Å². The number of hydrogen-bond donors (Lipinski definition) is 2. The second-order valence-electron chi connectivity index (χ2n) is 15.7. The molecule has 2 N–H and O–H groups in total. The van der Waals surface area contributed by atoms with Gasteiger partial charge in [0.25, 0.3) is 5.91 Å². The van der Waals surface area contributed by atoms with Crippen molar-refractivity contribution in [3.05, 3.63) is 47.5 Å². The van der Waals surface area contributed by atoms with Crippen LogP contribution in [0, 0.1) is 46.8 Å². The predicted molar refractivity (Wildman–Crippen MR) is 178 cm³/mol. The maximum absolute atomic E-state index is 12.8. The molecule has 6 rings (SSSR count). The van der Waals surface area contributed by atoms with Gasteiger partial charge < -0.3 is 20.0 Å². The average Bonchev–Trinajstić information content (AvgIpc) is 3.32. The minimum Gasteiger partial charge on any atom is -0.385 e. The number of nitrogens with zero attached hydrogens (tertiary/aromatic N) is 1. The number of rotatable bonds is 8. The zero-order chi connectivity index (χ0) is 31.9. The normalized spacial score (nSPS) is 40.1. The van der Waals surface area contributed by atoms with Crippen LogP contribution >= 0.6 is 0 Å². The van der Waals surface area contributed by atoms with Gasteiger partial charge in [0.1, 0.15) is 5.60 Å². The molecule has 0 unspecified atom stereocenters. The minimum absolute atomic E-state index is 0.00000715. The fraction of sp³-hybridized carbons (Fsp3) is 0.692. The standard InChI is InChI=1S/C39H54N2O4/c1-6-39(43)19-16-33-31-13-12-29-24-30(14-17-36(29,4)32(31)15-18-37(33,39)5)41-45-26-35(42)40-22-20-38(28-10-8-7-9-11-28)21-23-44-34(25-38)27(2)3/h1,7-11,24,27,31-34,43H,12-23,25-26H2,2-5H3,(H,40,42)/b41-30+/t31-,32+,33+,34-,36+,37+,38+,39+/m1/s1. The Hall–Kier alpha value is -2.62. The summed E-state index contributed by atoms with van der Waals surface area (Å²) >= 11 is 0. The first-order valence-corrected chi connectivity index (χ1v) is 17.6. The van der Waals surface area contributed by atoms with E-state index in [1.165, 1.54) is 11.1 Å². The third-order valence-electron chi connectivity index (χ3n) is 13.3. The highest BCUT2D eigenvalue weighted by molar-refractivity contribution is 5.96. The Balaban J connectivity index is 1.03. The lowest BCUT2D eigenvalue weighted by Gasteiger charge is -2.58. The molecule has 1 saturated heterocycles. The molecule has 6 heteroatoms. The van der Waals surface area contributed by atoms with Crippen LogP contribution in [-0.2, 0) is 19.8 Å². The lowest BCUT2D eigenvalue weighted by molar-refractivity contribution is -0.125. The van der Waals surface area contributed by atoms with Crippen LogP contribution in [-0.4, -0.2) is 48.2 Å². The SMILES string of the molecule is C#C[C@]1(O)CC[C@H]2[C@@H]3CCC4=C/C(=N/OCC(=O)NCC[C@]5(c6ccccc6)CCO[C@@H](C(C)C)C5)CC[C@]4(C)[C@H]3CC[C@@]21C. The van der Waals surface area contributed by atoms with E-state index in [-0.39, 0.29) is 34.9 Å². The first kappa shape index (κ1) is 32.3. The van der Waals surface area contributed by atoms with Crippen molar-refractivity contribution in [3.63, 3.8) is 0 Å². The molecule has 1 aliphatic heterocycles. The van der Waals surface area contributed by atoms with Crippen LogP contribution in [0.25, 0.3) is 0 Å². The van der Waals surface area contributed by atoms with Gasteiger partial charge in [-0.3, -0.25) is 4.79 Å². The van der Waals surface area contributed by atoms with Crippen molar-refractivity contribution < 1.29 is 19.5 Å².